The number of hydrogen-bond acceptors (Lipinski definition) is 3. The Morgan fingerprint density at radius 3 is 2.80 bits per heavy atom. The van der Waals surface area contributed by atoms with Gasteiger partial charge in [-0.3, -0.25) is 4.98 Å². The second-order valence-electron chi connectivity index (χ2n) is 4.99. The van der Waals surface area contributed by atoms with Gasteiger partial charge in [0.1, 0.15) is 0 Å². The van der Waals surface area contributed by atoms with Crippen molar-refractivity contribution in [2.75, 3.05) is 0 Å². The van der Waals surface area contributed by atoms with Crippen LogP contribution < -0.4 is 5.73 Å². The van der Waals surface area contributed by atoms with E-state index < -0.39 is 0 Å². The van der Waals surface area contributed by atoms with E-state index in [0.717, 1.165) is 23.7 Å². The molecule has 2 N–H and O–H groups in total. The minimum Gasteiger partial charge on any atom is -0.324 e. The van der Waals surface area contributed by atoms with E-state index in [-0.39, 0.29) is 6.04 Å². The van der Waals surface area contributed by atoms with E-state index >= 15 is 0 Å². The lowest BCUT2D eigenvalue weighted by molar-refractivity contribution is 0.731. The predicted octanol–water partition coefficient (Wildman–Crippen LogP) is 4.10. The van der Waals surface area contributed by atoms with Crippen molar-refractivity contribution in [3.8, 4) is 0 Å². The van der Waals surface area contributed by atoms with Gasteiger partial charge in [-0.1, -0.05) is 19.1 Å². The molecular formula is C17H18N2S. The Labute approximate surface area is 123 Å². The average molecular weight is 282 g/mol. The number of hydrogen-bond donors (Lipinski definition) is 1. The van der Waals surface area contributed by atoms with Crippen molar-refractivity contribution in [3.63, 3.8) is 0 Å². The highest BCUT2D eigenvalue weighted by molar-refractivity contribution is 7.11. The lowest BCUT2D eigenvalue weighted by atomic mass is 10.0. The van der Waals surface area contributed by atoms with Crippen LogP contribution in [0.1, 0.15) is 28.3 Å². The van der Waals surface area contributed by atoms with Gasteiger partial charge in [0, 0.05) is 33.8 Å². The van der Waals surface area contributed by atoms with Crippen LogP contribution in [0.15, 0.2) is 48.7 Å². The lowest BCUT2D eigenvalue weighted by Gasteiger charge is -2.11. The fraction of sp³-hybridized carbons (Fsp3) is 0.235. The van der Waals surface area contributed by atoms with Crippen molar-refractivity contribution >= 4 is 22.2 Å². The lowest BCUT2D eigenvalue weighted by Crippen LogP contribution is -2.12. The van der Waals surface area contributed by atoms with E-state index in [1.807, 2.05) is 23.6 Å². The maximum Gasteiger partial charge on any atom is 0.0702 e. The third kappa shape index (κ3) is 2.74. The van der Waals surface area contributed by atoms with Gasteiger partial charge in [-0.15, -0.1) is 11.3 Å². The molecule has 2 heterocycles. The van der Waals surface area contributed by atoms with Gasteiger partial charge in [0.25, 0.3) is 0 Å². The Morgan fingerprint density at radius 1 is 1.15 bits per heavy atom. The summed E-state index contributed by atoms with van der Waals surface area (Å²) in [4.78, 5) is 7.13. The third-order valence-electron chi connectivity index (χ3n) is 3.54. The number of fused-ring (bicyclic) bond motifs is 1. The number of nitrogens with two attached hydrogens (primary N) is 1. The van der Waals surface area contributed by atoms with Crippen molar-refractivity contribution in [2.45, 2.75) is 25.8 Å². The van der Waals surface area contributed by atoms with Crippen LogP contribution in [0.3, 0.4) is 0 Å². The standard InChI is InChI=1S/C17H18N2S/c1-2-14-6-7-15(20-14)11-16(18)12-5-8-17-13(10-12)4-3-9-19-17/h3-10,16H,2,11,18H2,1H3. The first-order valence-corrected chi connectivity index (χ1v) is 7.76. The number of aryl methyl sites for hydroxylation is 1. The number of aromatic nitrogens is 1. The van der Waals surface area contributed by atoms with Crippen LogP contribution >= 0.6 is 11.3 Å². The van der Waals surface area contributed by atoms with Gasteiger partial charge in [0.15, 0.2) is 0 Å². The van der Waals surface area contributed by atoms with Gasteiger partial charge in [-0.25, -0.2) is 0 Å². The summed E-state index contributed by atoms with van der Waals surface area (Å²) in [5.41, 5.74) is 8.55. The van der Waals surface area contributed by atoms with Crippen LogP contribution in [0.4, 0.5) is 0 Å². The van der Waals surface area contributed by atoms with Crippen LogP contribution in [0, 0.1) is 0 Å². The summed E-state index contributed by atoms with van der Waals surface area (Å²) in [5, 5.41) is 1.15. The molecular weight excluding hydrogens is 264 g/mol. The van der Waals surface area contributed by atoms with Gasteiger partial charge in [0.2, 0.25) is 0 Å². The molecule has 2 aromatic heterocycles. The van der Waals surface area contributed by atoms with Crippen LogP contribution in [-0.2, 0) is 12.8 Å². The first kappa shape index (κ1) is 13.3. The number of pyridine rings is 1. The van der Waals surface area contributed by atoms with Crippen molar-refractivity contribution in [1.82, 2.24) is 4.98 Å². The quantitative estimate of drug-likeness (QED) is 0.782. The van der Waals surface area contributed by atoms with Gasteiger partial charge in [-0.05, 0) is 42.3 Å². The summed E-state index contributed by atoms with van der Waals surface area (Å²) in [6.45, 7) is 2.19. The molecule has 20 heavy (non-hydrogen) atoms. The monoisotopic (exact) mass is 282 g/mol. The van der Waals surface area contributed by atoms with Gasteiger partial charge in [0.05, 0.1) is 5.52 Å². The molecule has 0 bridgehead atoms. The van der Waals surface area contributed by atoms with E-state index in [2.05, 4.69) is 48.3 Å². The first-order valence-electron chi connectivity index (χ1n) is 6.94. The molecule has 3 rings (SSSR count). The second kappa shape index (κ2) is 5.73. The Hall–Kier alpha value is -1.71. The third-order valence-corrected chi connectivity index (χ3v) is 4.79. The Balaban J connectivity index is 1.82. The maximum atomic E-state index is 6.36. The van der Waals surface area contributed by atoms with Crippen LogP contribution in [0.25, 0.3) is 10.9 Å². The Kier molecular flexibility index (Phi) is 3.81. The van der Waals surface area contributed by atoms with E-state index in [4.69, 9.17) is 5.73 Å². The minimum absolute atomic E-state index is 0.0444. The van der Waals surface area contributed by atoms with Crippen molar-refractivity contribution in [2.24, 2.45) is 5.73 Å². The second-order valence-corrected chi connectivity index (χ2v) is 6.24. The molecule has 1 aromatic carbocycles. The number of thiophene rings is 1. The summed E-state index contributed by atoms with van der Waals surface area (Å²) < 4.78 is 0. The molecule has 1 unspecified atom stereocenters. The summed E-state index contributed by atoms with van der Waals surface area (Å²) in [6, 6.07) is 14.8. The highest BCUT2D eigenvalue weighted by Crippen LogP contribution is 2.24. The van der Waals surface area contributed by atoms with Crippen molar-refractivity contribution < 1.29 is 0 Å². The molecule has 0 amide bonds. The van der Waals surface area contributed by atoms with Crippen molar-refractivity contribution in [3.05, 3.63) is 64.0 Å². The molecule has 3 heteroatoms. The van der Waals surface area contributed by atoms with Crippen LogP contribution in [-0.4, -0.2) is 4.98 Å². The zero-order valence-electron chi connectivity index (χ0n) is 11.5. The molecule has 0 aliphatic heterocycles. The molecule has 0 saturated carbocycles. The summed E-state index contributed by atoms with van der Waals surface area (Å²) >= 11 is 1.87. The number of rotatable bonds is 4. The van der Waals surface area contributed by atoms with E-state index in [1.54, 1.807) is 0 Å². The van der Waals surface area contributed by atoms with Crippen LogP contribution in [0.2, 0.25) is 0 Å². The summed E-state index contributed by atoms with van der Waals surface area (Å²) in [6.07, 6.45) is 3.82. The molecule has 102 valence electrons. The maximum absolute atomic E-state index is 6.36. The molecule has 2 nitrogen and oxygen atoms in total. The van der Waals surface area contributed by atoms with E-state index in [1.165, 1.54) is 15.3 Å². The summed E-state index contributed by atoms with van der Waals surface area (Å²) in [5.74, 6) is 0. The topological polar surface area (TPSA) is 38.9 Å². The molecule has 0 fully saturated rings. The smallest absolute Gasteiger partial charge is 0.0702 e. The summed E-state index contributed by atoms with van der Waals surface area (Å²) in [7, 11) is 0. The normalized spacial score (nSPS) is 12.7. The highest BCUT2D eigenvalue weighted by Gasteiger charge is 2.09. The average Bonchev–Trinajstić information content (AvgIpc) is 2.94. The highest BCUT2D eigenvalue weighted by atomic mass is 32.1. The van der Waals surface area contributed by atoms with E-state index in [9.17, 15) is 0 Å². The fourth-order valence-corrected chi connectivity index (χ4v) is 3.40. The number of nitrogens with zero attached hydrogens (tertiary/aromatic N) is 1. The molecule has 1 atom stereocenters. The fourth-order valence-electron chi connectivity index (χ4n) is 2.38. The zero-order valence-corrected chi connectivity index (χ0v) is 12.4. The van der Waals surface area contributed by atoms with Gasteiger partial charge >= 0.3 is 0 Å². The minimum atomic E-state index is 0.0444. The SMILES string of the molecule is CCc1ccc(CC(N)c2ccc3ncccc3c2)s1. The van der Waals surface area contributed by atoms with Crippen molar-refractivity contribution in [1.29, 1.82) is 0 Å². The number of benzene rings is 1. The first-order chi connectivity index (χ1) is 9.76. The predicted molar refractivity (Wildman–Crippen MR) is 86.1 cm³/mol. The Morgan fingerprint density at radius 2 is 2.00 bits per heavy atom. The van der Waals surface area contributed by atoms with Crippen LogP contribution in [0.5, 0.6) is 0 Å². The van der Waals surface area contributed by atoms with E-state index in [0.29, 0.717) is 0 Å². The zero-order chi connectivity index (χ0) is 13.9. The molecule has 0 aliphatic carbocycles. The molecule has 0 spiro atoms. The molecule has 0 saturated heterocycles. The molecule has 0 aliphatic rings. The largest absolute Gasteiger partial charge is 0.324 e. The molecule has 3 aromatic rings. The van der Waals surface area contributed by atoms with Gasteiger partial charge in [-0.2, -0.15) is 0 Å². The molecule has 0 radical (unpaired) electrons. The Bertz CT molecular complexity index is 718. The van der Waals surface area contributed by atoms with Gasteiger partial charge < -0.3 is 5.73 Å².